The van der Waals surface area contributed by atoms with Gasteiger partial charge in [-0.25, -0.2) is 8.42 Å². The SMILES string of the molecule is CC(C#N)S(=O)(=O)N1CCN(CC(=O)O)CC1. The van der Waals surface area contributed by atoms with E-state index >= 15 is 0 Å². The summed E-state index contributed by atoms with van der Waals surface area (Å²) in [6, 6.07) is 1.71. The standard InChI is InChI=1S/C9H15N3O4S/c1-8(6-10)17(15,16)12-4-2-11(3-5-12)7-9(13)14/h8H,2-5,7H2,1H3,(H,13,14). The van der Waals surface area contributed by atoms with Gasteiger partial charge in [-0.2, -0.15) is 9.57 Å². The second-order valence-electron chi connectivity index (χ2n) is 3.89. The van der Waals surface area contributed by atoms with Crippen LogP contribution in [0.3, 0.4) is 0 Å². The number of hydrogen-bond acceptors (Lipinski definition) is 5. The van der Waals surface area contributed by atoms with Crippen molar-refractivity contribution in [3.63, 3.8) is 0 Å². The van der Waals surface area contributed by atoms with Gasteiger partial charge < -0.3 is 5.11 Å². The lowest BCUT2D eigenvalue weighted by molar-refractivity contribution is -0.138. The predicted octanol–water partition coefficient (Wildman–Crippen LogP) is -1.07. The van der Waals surface area contributed by atoms with Crippen LogP contribution in [0, 0.1) is 11.3 Å². The maximum atomic E-state index is 11.8. The molecule has 1 rings (SSSR count). The number of rotatable bonds is 4. The fourth-order valence-electron chi connectivity index (χ4n) is 1.62. The van der Waals surface area contributed by atoms with Crippen LogP contribution in [0.15, 0.2) is 0 Å². The average molecular weight is 261 g/mol. The van der Waals surface area contributed by atoms with Gasteiger partial charge >= 0.3 is 5.97 Å². The van der Waals surface area contributed by atoms with Crippen LogP contribution in [-0.4, -0.2) is 66.7 Å². The van der Waals surface area contributed by atoms with Crippen molar-refractivity contribution >= 4 is 16.0 Å². The molecule has 1 aliphatic heterocycles. The molecule has 0 spiro atoms. The third-order valence-electron chi connectivity index (χ3n) is 2.68. The number of sulfonamides is 1. The molecule has 0 radical (unpaired) electrons. The van der Waals surface area contributed by atoms with Gasteiger partial charge in [0.1, 0.15) is 0 Å². The Balaban J connectivity index is 2.58. The smallest absolute Gasteiger partial charge is 0.317 e. The number of carboxylic acids is 1. The molecule has 96 valence electrons. The molecule has 8 heteroatoms. The summed E-state index contributed by atoms with van der Waals surface area (Å²) in [7, 11) is -3.57. The van der Waals surface area contributed by atoms with E-state index in [0.29, 0.717) is 13.1 Å². The first-order chi connectivity index (χ1) is 7.87. The molecule has 0 aromatic carbocycles. The molecule has 1 unspecified atom stereocenters. The van der Waals surface area contributed by atoms with Crippen LogP contribution in [0.5, 0.6) is 0 Å². The normalized spacial score (nSPS) is 20.7. The van der Waals surface area contributed by atoms with Crippen molar-refractivity contribution in [2.75, 3.05) is 32.7 Å². The minimum absolute atomic E-state index is 0.0817. The Hall–Kier alpha value is -1.17. The van der Waals surface area contributed by atoms with E-state index < -0.39 is 21.2 Å². The highest BCUT2D eigenvalue weighted by Gasteiger charge is 2.31. The number of nitrogens with zero attached hydrogens (tertiary/aromatic N) is 3. The topological polar surface area (TPSA) is 102 Å². The summed E-state index contributed by atoms with van der Waals surface area (Å²) in [6.45, 7) is 2.50. The van der Waals surface area contributed by atoms with Crippen molar-refractivity contribution < 1.29 is 18.3 Å². The lowest BCUT2D eigenvalue weighted by Crippen LogP contribution is -2.51. The van der Waals surface area contributed by atoms with E-state index in [1.807, 2.05) is 0 Å². The molecule has 0 saturated carbocycles. The van der Waals surface area contributed by atoms with Crippen LogP contribution in [0.1, 0.15) is 6.92 Å². The van der Waals surface area contributed by atoms with Crippen molar-refractivity contribution in [2.24, 2.45) is 0 Å². The minimum Gasteiger partial charge on any atom is -0.480 e. The van der Waals surface area contributed by atoms with Gasteiger partial charge in [0, 0.05) is 26.2 Å². The summed E-state index contributed by atoms with van der Waals surface area (Å²) in [4.78, 5) is 12.2. The van der Waals surface area contributed by atoms with Crippen LogP contribution in [0.4, 0.5) is 0 Å². The molecule has 0 aromatic rings. The summed E-state index contributed by atoms with van der Waals surface area (Å²) in [6.07, 6.45) is 0. The monoisotopic (exact) mass is 261 g/mol. The average Bonchev–Trinajstić information content (AvgIpc) is 2.27. The molecule has 1 aliphatic rings. The van der Waals surface area contributed by atoms with Crippen LogP contribution >= 0.6 is 0 Å². The maximum absolute atomic E-state index is 11.8. The Morgan fingerprint density at radius 1 is 1.41 bits per heavy atom. The van der Waals surface area contributed by atoms with Crippen molar-refractivity contribution in [3.8, 4) is 6.07 Å². The predicted molar refractivity (Wildman–Crippen MR) is 59.6 cm³/mol. The van der Waals surface area contributed by atoms with Gasteiger partial charge in [-0.3, -0.25) is 9.69 Å². The van der Waals surface area contributed by atoms with E-state index in [-0.39, 0.29) is 19.6 Å². The fourth-order valence-corrected chi connectivity index (χ4v) is 2.88. The lowest BCUT2D eigenvalue weighted by Gasteiger charge is -2.33. The second kappa shape index (κ2) is 5.44. The van der Waals surface area contributed by atoms with Crippen LogP contribution in [-0.2, 0) is 14.8 Å². The highest BCUT2D eigenvalue weighted by molar-refractivity contribution is 7.89. The minimum atomic E-state index is -3.57. The van der Waals surface area contributed by atoms with Gasteiger partial charge in [-0.05, 0) is 6.92 Å². The number of piperazine rings is 1. The molecule has 1 fully saturated rings. The molecule has 17 heavy (non-hydrogen) atoms. The number of nitriles is 1. The maximum Gasteiger partial charge on any atom is 0.317 e. The van der Waals surface area contributed by atoms with E-state index in [4.69, 9.17) is 10.4 Å². The molecule has 7 nitrogen and oxygen atoms in total. The zero-order valence-corrected chi connectivity index (χ0v) is 10.4. The Kier molecular flexibility index (Phi) is 4.45. The molecule has 1 atom stereocenters. The molecule has 0 aliphatic carbocycles. The van der Waals surface area contributed by atoms with Gasteiger partial charge in [0.15, 0.2) is 5.25 Å². The third kappa shape index (κ3) is 3.39. The van der Waals surface area contributed by atoms with E-state index in [9.17, 15) is 13.2 Å². The first-order valence-electron chi connectivity index (χ1n) is 5.20. The zero-order chi connectivity index (χ0) is 13.1. The van der Waals surface area contributed by atoms with Crippen LogP contribution < -0.4 is 0 Å². The third-order valence-corrected chi connectivity index (χ3v) is 4.76. The molecule has 1 heterocycles. The number of aliphatic carboxylic acids is 1. The van der Waals surface area contributed by atoms with Crippen molar-refractivity contribution in [2.45, 2.75) is 12.2 Å². The van der Waals surface area contributed by atoms with Crippen molar-refractivity contribution in [1.82, 2.24) is 9.21 Å². The number of carboxylic acid groups (broad SMARTS) is 1. The van der Waals surface area contributed by atoms with Crippen molar-refractivity contribution in [3.05, 3.63) is 0 Å². The Morgan fingerprint density at radius 2 is 1.94 bits per heavy atom. The first-order valence-corrected chi connectivity index (χ1v) is 6.71. The molecular formula is C9H15N3O4S. The van der Waals surface area contributed by atoms with Gasteiger partial charge in [-0.1, -0.05) is 0 Å². The quantitative estimate of drug-likeness (QED) is 0.691. The summed E-state index contributed by atoms with van der Waals surface area (Å²) in [5, 5.41) is 16.2. The van der Waals surface area contributed by atoms with Gasteiger partial charge in [-0.15, -0.1) is 0 Å². The van der Waals surface area contributed by atoms with Crippen LogP contribution in [0.25, 0.3) is 0 Å². The summed E-state index contributed by atoms with van der Waals surface area (Å²) in [5.41, 5.74) is 0. The summed E-state index contributed by atoms with van der Waals surface area (Å²) >= 11 is 0. The van der Waals surface area contributed by atoms with E-state index in [2.05, 4.69) is 0 Å². The van der Waals surface area contributed by atoms with E-state index in [0.717, 1.165) is 0 Å². The second-order valence-corrected chi connectivity index (χ2v) is 6.14. The van der Waals surface area contributed by atoms with Crippen LogP contribution in [0.2, 0.25) is 0 Å². The first kappa shape index (κ1) is 13.9. The van der Waals surface area contributed by atoms with E-state index in [1.165, 1.54) is 11.2 Å². The Bertz CT molecular complexity index is 420. The lowest BCUT2D eigenvalue weighted by atomic mass is 10.3. The highest BCUT2D eigenvalue weighted by atomic mass is 32.2. The molecule has 1 N–H and O–H groups in total. The fraction of sp³-hybridized carbons (Fsp3) is 0.778. The highest BCUT2D eigenvalue weighted by Crippen LogP contribution is 2.11. The number of carbonyl (C=O) groups is 1. The van der Waals surface area contributed by atoms with Gasteiger partial charge in [0.25, 0.3) is 0 Å². The summed E-state index contributed by atoms with van der Waals surface area (Å²) < 4.78 is 24.9. The molecule has 0 bridgehead atoms. The largest absolute Gasteiger partial charge is 0.480 e. The molecule has 0 aromatic heterocycles. The Morgan fingerprint density at radius 3 is 2.35 bits per heavy atom. The molecular weight excluding hydrogens is 246 g/mol. The van der Waals surface area contributed by atoms with E-state index in [1.54, 1.807) is 11.0 Å². The summed E-state index contributed by atoms with van der Waals surface area (Å²) in [5.74, 6) is -0.924. The number of hydrogen-bond donors (Lipinski definition) is 1. The molecule has 1 saturated heterocycles. The zero-order valence-electron chi connectivity index (χ0n) is 9.53. The van der Waals surface area contributed by atoms with Crippen molar-refractivity contribution in [1.29, 1.82) is 5.26 Å². The van der Waals surface area contributed by atoms with Gasteiger partial charge in [0.05, 0.1) is 12.6 Å². The molecule has 0 amide bonds. The van der Waals surface area contributed by atoms with Gasteiger partial charge in [0.2, 0.25) is 10.0 Å². The Labute approximate surface area is 100 Å².